The fourth-order valence-corrected chi connectivity index (χ4v) is 3.95. The van der Waals surface area contributed by atoms with Crippen LogP contribution >= 0.6 is 0 Å². The molecule has 0 aromatic carbocycles. The Kier molecular flexibility index (Phi) is 10.5. The van der Waals surface area contributed by atoms with Crippen molar-refractivity contribution < 1.29 is 24.3 Å². The van der Waals surface area contributed by atoms with Crippen LogP contribution in [0.3, 0.4) is 0 Å². The minimum Gasteiger partial charge on any atom is -0.480 e. The first kappa shape index (κ1) is 27.3. The zero-order chi connectivity index (χ0) is 25.3. The largest absolute Gasteiger partial charge is 0.480 e. The number of hydrogen-bond donors (Lipinski definition) is 6. The van der Waals surface area contributed by atoms with E-state index in [1.807, 2.05) is 27.7 Å². The summed E-state index contributed by atoms with van der Waals surface area (Å²) < 4.78 is 0. The fraction of sp³-hybridized carbons (Fsp3) is 0.696. The molecule has 2 heterocycles. The van der Waals surface area contributed by atoms with Gasteiger partial charge in [-0.05, 0) is 44.1 Å². The molecule has 11 nitrogen and oxygen atoms in total. The summed E-state index contributed by atoms with van der Waals surface area (Å²) in [6.07, 6.45) is 5.31. The summed E-state index contributed by atoms with van der Waals surface area (Å²) in [6, 6.07) is -3.24. The molecule has 0 spiro atoms. The van der Waals surface area contributed by atoms with Crippen molar-refractivity contribution in [3.63, 3.8) is 0 Å². The molecule has 4 atom stereocenters. The van der Waals surface area contributed by atoms with Gasteiger partial charge < -0.3 is 31.4 Å². The molecule has 190 valence electrons. The average molecular weight is 479 g/mol. The predicted octanol–water partition coefficient (Wildman–Crippen LogP) is 0.335. The van der Waals surface area contributed by atoms with Crippen molar-refractivity contribution in [2.24, 2.45) is 11.8 Å². The Morgan fingerprint density at radius 1 is 1.00 bits per heavy atom. The Morgan fingerprint density at radius 2 is 1.59 bits per heavy atom. The highest BCUT2D eigenvalue weighted by molar-refractivity contribution is 5.94. The summed E-state index contributed by atoms with van der Waals surface area (Å²) in [5.74, 6) is -2.26. The van der Waals surface area contributed by atoms with Gasteiger partial charge in [0.05, 0.1) is 12.4 Å². The van der Waals surface area contributed by atoms with Gasteiger partial charge in [-0.15, -0.1) is 0 Å². The molecule has 1 saturated heterocycles. The lowest BCUT2D eigenvalue weighted by atomic mass is 9.99. The molecule has 0 radical (unpaired) electrons. The highest BCUT2D eigenvalue weighted by Gasteiger charge is 2.32. The maximum absolute atomic E-state index is 13.1. The van der Waals surface area contributed by atoms with Crippen LogP contribution in [0.25, 0.3) is 0 Å². The Balaban J connectivity index is 2.09. The van der Waals surface area contributed by atoms with Crippen LogP contribution in [0.4, 0.5) is 0 Å². The Bertz CT molecular complexity index is 820. The number of imidazole rings is 1. The molecule has 0 saturated carbocycles. The monoisotopic (exact) mass is 478 g/mol. The lowest BCUT2D eigenvalue weighted by molar-refractivity contribution is -0.142. The second-order valence-corrected chi connectivity index (χ2v) is 9.71. The van der Waals surface area contributed by atoms with Gasteiger partial charge in [-0.25, -0.2) is 9.78 Å². The number of amides is 3. The Hall–Kier alpha value is -2.95. The minimum atomic E-state index is -1.19. The quantitative estimate of drug-likeness (QED) is 0.238. The van der Waals surface area contributed by atoms with E-state index in [1.54, 1.807) is 0 Å². The molecular weight excluding hydrogens is 440 g/mol. The summed E-state index contributed by atoms with van der Waals surface area (Å²) >= 11 is 0. The highest BCUT2D eigenvalue weighted by atomic mass is 16.4. The van der Waals surface area contributed by atoms with Gasteiger partial charge in [0.15, 0.2) is 0 Å². The third-order valence-corrected chi connectivity index (χ3v) is 5.65. The molecule has 1 fully saturated rings. The third kappa shape index (κ3) is 8.77. The topological polar surface area (TPSA) is 165 Å². The smallest absolute Gasteiger partial charge is 0.326 e. The van der Waals surface area contributed by atoms with Gasteiger partial charge in [-0.3, -0.25) is 14.4 Å². The number of carboxylic acid groups (broad SMARTS) is 1. The van der Waals surface area contributed by atoms with Crippen molar-refractivity contribution in [1.29, 1.82) is 0 Å². The molecule has 1 aromatic rings. The number of aromatic amines is 1. The van der Waals surface area contributed by atoms with Crippen LogP contribution < -0.4 is 21.3 Å². The van der Waals surface area contributed by atoms with Gasteiger partial charge in [0.25, 0.3) is 0 Å². The first-order valence-corrected chi connectivity index (χ1v) is 11.9. The standard InChI is InChI=1S/C23H38N6O5/c1-13(2)8-17(27-20(30)16-6-5-7-25-16)21(31)28-18(9-14(3)4)22(32)29-19(23(33)34)10-15-11-24-12-26-15/h11-14,16-19,25H,5-10H2,1-4H3,(H,24,26)(H,27,30)(H,28,31)(H,29,32)(H,33,34). The Morgan fingerprint density at radius 3 is 2.06 bits per heavy atom. The van der Waals surface area contributed by atoms with Crippen LogP contribution in [0.5, 0.6) is 0 Å². The fourth-order valence-electron chi connectivity index (χ4n) is 3.95. The van der Waals surface area contributed by atoms with Crippen LogP contribution in [0.15, 0.2) is 12.5 Å². The third-order valence-electron chi connectivity index (χ3n) is 5.65. The first-order valence-electron chi connectivity index (χ1n) is 11.9. The van der Waals surface area contributed by atoms with Crippen molar-refractivity contribution in [3.8, 4) is 0 Å². The van der Waals surface area contributed by atoms with Crippen molar-refractivity contribution in [2.75, 3.05) is 6.54 Å². The molecule has 34 heavy (non-hydrogen) atoms. The molecule has 0 bridgehead atoms. The van der Waals surface area contributed by atoms with Gasteiger partial charge in [-0.2, -0.15) is 0 Å². The molecule has 3 amide bonds. The predicted molar refractivity (Wildman–Crippen MR) is 126 cm³/mol. The van der Waals surface area contributed by atoms with E-state index in [-0.39, 0.29) is 30.2 Å². The Labute approximate surface area is 200 Å². The summed E-state index contributed by atoms with van der Waals surface area (Å²) in [5.41, 5.74) is 0.567. The van der Waals surface area contributed by atoms with Gasteiger partial charge in [0, 0.05) is 18.3 Å². The molecule has 11 heteroatoms. The second-order valence-electron chi connectivity index (χ2n) is 9.71. The average Bonchev–Trinajstić information content (AvgIpc) is 3.45. The number of hydrogen-bond acceptors (Lipinski definition) is 6. The molecule has 2 rings (SSSR count). The van der Waals surface area contributed by atoms with Crippen molar-refractivity contribution in [3.05, 3.63) is 18.2 Å². The van der Waals surface area contributed by atoms with Crippen LogP contribution in [0.1, 0.15) is 59.1 Å². The highest BCUT2D eigenvalue weighted by Crippen LogP contribution is 2.11. The molecule has 1 aliphatic heterocycles. The van der Waals surface area contributed by atoms with Gasteiger partial charge in [0.1, 0.15) is 18.1 Å². The first-order chi connectivity index (χ1) is 16.1. The van der Waals surface area contributed by atoms with Gasteiger partial charge in [0.2, 0.25) is 17.7 Å². The number of carboxylic acids is 1. The SMILES string of the molecule is CC(C)CC(NC(=O)C(CC(C)C)NC(=O)C1CCCN1)C(=O)NC(Cc1cnc[nH]1)C(=O)O. The number of nitrogens with zero attached hydrogens (tertiary/aromatic N) is 1. The lowest BCUT2D eigenvalue weighted by Crippen LogP contribution is -2.57. The van der Waals surface area contributed by atoms with Gasteiger partial charge in [-0.1, -0.05) is 27.7 Å². The van der Waals surface area contributed by atoms with Crippen molar-refractivity contribution in [2.45, 2.75) is 84.0 Å². The van der Waals surface area contributed by atoms with E-state index in [0.717, 1.165) is 13.0 Å². The molecule has 4 unspecified atom stereocenters. The van der Waals surface area contributed by atoms with Crippen LogP contribution in [0.2, 0.25) is 0 Å². The van der Waals surface area contributed by atoms with Crippen LogP contribution in [-0.4, -0.2) is 69.5 Å². The van der Waals surface area contributed by atoms with E-state index < -0.39 is 35.9 Å². The maximum atomic E-state index is 13.1. The van der Waals surface area contributed by atoms with Crippen molar-refractivity contribution >= 4 is 23.7 Å². The molecular formula is C23H38N6O5. The number of aliphatic carboxylic acids is 1. The summed E-state index contributed by atoms with van der Waals surface area (Å²) in [5, 5.41) is 20.8. The van der Waals surface area contributed by atoms with E-state index in [2.05, 4.69) is 31.2 Å². The van der Waals surface area contributed by atoms with E-state index in [0.29, 0.717) is 25.0 Å². The summed E-state index contributed by atoms with van der Waals surface area (Å²) in [6.45, 7) is 8.48. The zero-order valence-corrected chi connectivity index (χ0v) is 20.4. The molecule has 0 aliphatic carbocycles. The molecule has 6 N–H and O–H groups in total. The van der Waals surface area contributed by atoms with E-state index in [9.17, 15) is 24.3 Å². The van der Waals surface area contributed by atoms with Gasteiger partial charge >= 0.3 is 5.97 Å². The second kappa shape index (κ2) is 13.1. The number of aromatic nitrogens is 2. The summed E-state index contributed by atoms with van der Waals surface area (Å²) in [4.78, 5) is 57.2. The summed E-state index contributed by atoms with van der Waals surface area (Å²) in [7, 11) is 0. The van der Waals surface area contributed by atoms with Crippen LogP contribution in [0, 0.1) is 11.8 Å². The zero-order valence-electron chi connectivity index (χ0n) is 20.4. The molecule has 1 aliphatic rings. The normalized spacial score (nSPS) is 18.4. The maximum Gasteiger partial charge on any atom is 0.326 e. The van der Waals surface area contributed by atoms with E-state index in [1.165, 1.54) is 12.5 Å². The minimum absolute atomic E-state index is 0.0316. The van der Waals surface area contributed by atoms with E-state index >= 15 is 0 Å². The lowest BCUT2D eigenvalue weighted by Gasteiger charge is -2.26. The number of carbonyl (C=O) groups is 4. The van der Waals surface area contributed by atoms with E-state index in [4.69, 9.17) is 0 Å². The number of H-pyrrole nitrogens is 1. The number of nitrogens with one attached hydrogen (secondary N) is 5. The van der Waals surface area contributed by atoms with Crippen LogP contribution in [-0.2, 0) is 25.6 Å². The van der Waals surface area contributed by atoms with Crippen molar-refractivity contribution in [1.82, 2.24) is 31.2 Å². The molecule has 1 aromatic heterocycles. The number of rotatable bonds is 13. The number of carbonyl (C=O) groups excluding carboxylic acids is 3.